The highest BCUT2D eigenvalue weighted by Crippen LogP contribution is 2.05. The van der Waals surface area contributed by atoms with Crippen LogP contribution in [0.5, 0.6) is 0 Å². The molecule has 0 radical (unpaired) electrons. The fourth-order valence-corrected chi connectivity index (χ4v) is 1.59. The Morgan fingerprint density at radius 1 is 1.15 bits per heavy atom. The van der Waals surface area contributed by atoms with Gasteiger partial charge in [-0.2, -0.15) is 5.10 Å². The van der Waals surface area contributed by atoms with Crippen LogP contribution in [0, 0.1) is 0 Å². The van der Waals surface area contributed by atoms with Gasteiger partial charge in [-0.1, -0.05) is 13.8 Å². The van der Waals surface area contributed by atoms with E-state index in [1.54, 1.807) is 7.05 Å². The second-order valence-corrected chi connectivity index (χ2v) is 5.10. The van der Waals surface area contributed by atoms with Crippen molar-refractivity contribution in [1.29, 1.82) is 0 Å². The van der Waals surface area contributed by atoms with Gasteiger partial charge >= 0.3 is 0 Å². The monoisotopic (exact) mass is 280 g/mol. The molecule has 0 fully saturated rings. The van der Waals surface area contributed by atoms with Gasteiger partial charge in [0.1, 0.15) is 5.69 Å². The Bertz CT molecular complexity index is 482. The molecule has 0 aliphatic carbocycles. The summed E-state index contributed by atoms with van der Waals surface area (Å²) in [5.74, 6) is -0.463. The second-order valence-electron chi connectivity index (χ2n) is 5.10. The summed E-state index contributed by atoms with van der Waals surface area (Å²) in [6.45, 7) is 7.86. The lowest BCUT2D eigenvalue weighted by molar-refractivity contribution is 0.0923. The molecule has 6 heteroatoms. The average molecular weight is 280 g/mol. The van der Waals surface area contributed by atoms with Crippen molar-refractivity contribution >= 4 is 11.8 Å². The van der Waals surface area contributed by atoms with Crippen molar-refractivity contribution in [2.45, 2.75) is 52.6 Å². The Labute approximate surface area is 119 Å². The van der Waals surface area contributed by atoms with Crippen molar-refractivity contribution in [2.24, 2.45) is 7.05 Å². The quantitative estimate of drug-likeness (QED) is 0.828. The van der Waals surface area contributed by atoms with Gasteiger partial charge in [0, 0.05) is 25.2 Å². The third-order valence-corrected chi connectivity index (χ3v) is 3.32. The summed E-state index contributed by atoms with van der Waals surface area (Å²) in [4.78, 5) is 24.0. The highest BCUT2D eigenvalue weighted by atomic mass is 16.2. The maximum atomic E-state index is 12.0. The van der Waals surface area contributed by atoms with Crippen LogP contribution in [-0.2, 0) is 7.05 Å². The van der Waals surface area contributed by atoms with Crippen molar-refractivity contribution < 1.29 is 9.59 Å². The normalized spacial score (nSPS) is 13.7. The summed E-state index contributed by atoms with van der Waals surface area (Å²) in [6, 6.07) is 1.70. The molecule has 0 saturated carbocycles. The number of amides is 2. The van der Waals surface area contributed by atoms with Gasteiger partial charge in [-0.05, 0) is 26.7 Å². The number of aryl methyl sites for hydroxylation is 1. The van der Waals surface area contributed by atoms with E-state index in [-0.39, 0.29) is 29.6 Å². The van der Waals surface area contributed by atoms with E-state index in [1.165, 1.54) is 10.7 Å². The molecule has 1 aromatic heterocycles. The number of nitrogens with one attached hydrogen (secondary N) is 2. The number of carbonyl (C=O) groups is 2. The lowest BCUT2D eigenvalue weighted by Crippen LogP contribution is -2.33. The molecule has 20 heavy (non-hydrogen) atoms. The van der Waals surface area contributed by atoms with Crippen molar-refractivity contribution in [3.8, 4) is 0 Å². The molecule has 6 nitrogen and oxygen atoms in total. The van der Waals surface area contributed by atoms with Crippen molar-refractivity contribution in [2.75, 3.05) is 0 Å². The van der Waals surface area contributed by atoms with Crippen LogP contribution < -0.4 is 10.6 Å². The Kier molecular flexibility index (Phi) is 5.73. The highest BCUT2D eigenvalue weighted by Gasteiger charge is 2.19. The van der Waals surface area contributed by atoms with Crippen LogP contribution in [0.15, 0.2) is 6.07 Å². The van der Waals surface area contributed by atoms with Gasteiger partial charge < -0.3 is 10.6 Å². The molecule has 1 aromatic rings. The van der Waals surface area contributed by atoms with Crippen LogP contribution in [0.4, 0.5) is 0 Å². The largest absolute Gasteiger partial charge is 0.348 e. The van der Waals surface area contributed by atoms with E-state index < -0.39 is 0 Å². The predicted molar refractivity (Wildman–Crippen MR) is 77.6 cm³/mol. The van der Waals surface area contributed by atoms with E-state index in [9.17, 15) is 9.59 Å². The second kappa shape index (κ2) is 7.07. The predicted octanol–water partition coefficient (Wildman–Crippen LogP) is 1.48. The zero-order valence-corrected chi connectivity index (χ0v) is 12.9. The summed E-state index contributed by atoms with van der Waals surface area (Å²) < 4.78 is 1.43. The Morgan fingerprint density at radius 2 is 1.65 bits per heavy atom. The number of hydrogen-bond acceptors (Lipinski definition) is 3. The molecule has 2 N–H and O–H groups in total. The first-order valence-electron chi connectivity index (χ1n) is 7.04. The third kappa shape index (κ3) is 4.08. The smallest absolute Gasteiger partial charge is 0.272 e. The summed E-state index contributed by atoms with van der Waals surface area (Å²) in [5.41, 5.74) is 0.654. The molecule has 0 saturated heterocycles. The van der Waals surface area contributed by atoms with E-state index in [2.05, 4.69) is 15.7 Å². The zero-order chi connectivity index (χ0) is 15.3. The summed E-state index contributed by atoms with van der Waals surface area (Å²) in [6.07, 6.45) is 1.70. The van der Waals surface area contributed by atoms with Crippen molar-refractivity contribution in [1.82, 2.24) is 20.4 Å². The fourth-order valence-electron chi connectivity index (χ4n) is 1.59. The van der Waals surface area contributed by atoms with Crippen LogP contribution in [0.3, 0.4) is 0 Å². The number of nitrogens with zero attached hydrogens (tertiary/aromatic N) is 2. The molecule has 0 bridgehead atoms. The number of carbonyl (C=O) groups excluding carboxylic acids is 2. The maximum Gasteiger partial charge on any atom is 0.272 e. The molecule has 1 heterocycles. The van der Waals surface area contributed by atoms with Crippen LogP contribution in [0.1, 0.15) is 61.5 Å². The van der Waals surface area contributed by atoms with Gasteiger partial charge in [0.2, 0.25) is 0 Å². The Hall–Kier alpha value is -1.85. The van der Waals surface area contributed by atoms with E-state index in [0.29, 0.717) is 5.69 Å². The SMILES string of the molecule is CC[C@H](C)NC(=O)c1cc(C(=O)N[C@@H](C)CC)n(C)n1. The Balaban J connectivity index is 2.82. The molecule has 2 atom stereocenters. The first-order valence-corrected chi connectivity index (χ1v) is 7.04. The topological polar surface area (TPSA) is 76.0 Å². The third-order valence-electron chi connectivity index (χ3n) is 3.32. The van der Waals surface area contributed by atoms with Gasteiger partial charge in [0.15, 0.2) is 5.69 Å². The van der Waals surface area contributed by atoms with E-state index in [4.69, 9.17) is 0 Å². The van der Waals surface area contributed by atoms with E-state index in [1.807, 2.05) is 27.7 Å². The fraction of sp³-hybridized carbons (Fsp3) is 0.643. The minimum atomic E-state index is -0.252. The zero-order valence-electron chi connectivity index (χ0n) is 12.9. The van der Waals surface area contributed by atoms with Gasteiger partial charge in [0.25, 0.3) is 11.8 Å². The molecule has 0 spiro atoms. The summed E-state index contributed by atoms with van der Waals surface area (Å²) in [5, 5.41) is 9.79. The molecule has 112 valence electrons. The van der Waals surface area contributed by atoms with Crippen LogP contribution in [0.25, 0.3) is 0 Å². The van der Waals surface area contributed by atoms with E-state index >= 15 is 0 Å². The van der Waals surface area contributed by atoms with Crippen LogP contribution >= 0.6 is 0 Å². The van der Waals surface area contributed by atoms with Crippen LogP contribution in [-0.4, -0.2) is 33.7 Å². The average Bonchev–Trinajstić information content (AvgIpc) is 2.80. The summed E-state index contributed by atoms with van der Waals surface area (Å²) >= 11 is 0. The van der Waals surface area contributed by atoms with Gasteiger partial charge in [-0.3, -0.25) is 14.3 Å². The lowest BCUT2D eigenvalue weighted by atomic mass is 10.2. The molecule has 2 amide bonds. The molecule has 1 rings (SSSR count). The maximum absolute atomic E-state index is 12.0. The lowest BCUT2D eigenvalue weighted by Gasteiger charge is -2.10. The van der Waals surface area contributed by atoms with Gasteiger partial charge in [0.05, 0.1) is 0 Å². The number of aromatic nitrogens is 2. The molecule has 0 aliphatic rings. The minimum absolute atomic E-state index is 0.0851. The minimum Gasteiger partial charge on any atom is -0.348 e. The molecular formula is C14H24N4O2. The van der Waals surface area contributed by atoms with Crippen LogP contribution in [0.2, 0.25) is 0 Å². The standard InChI is InChI=1S/C14H24N4O2/c1-6-9(3)15-13(19)11-8-12(18(5)17-11)14(20)16-10(4)7-2/h8-10H,6-7H2,1-5H3,(H,15,19)(H,16,20)/t9-,10-/m0/s1. The molecular weight excluding hydrogens is 256 g/mol. The molecule has 0 unspecified atom stereocenters. The number of rotatable bonds is 6. The molecule has 0 aromatic carbocycles. The number of hydrogen-bond donors (Lipinski definition) is 2. The van der Waals surface area contributed by atoms with Gasteiger partial charge in [-0.15, -0.1) is 0 Å². The molecule has 0 aliphatic heterocycles. The first-order chi connectivity index (χ1) is 9.38. The highest BCUT2D eigenvalue weighted by molar-refractivity contribution is 5.98. The van der Waals surface area contributed by atoms with E-state index in [0.717, 1.165) is 12.8 Å². The van der Waals surface area contributed by atoms with Crippen molar-refractivity contribution in [3.05, 3.63) is 17.5 Å². The first kappa shape index (κ1) is 16.2. The summed E-state index contributed by atoms with van der Waals surface area (Å²) in [7, 11) is 1.66. The van der Waals surface area contributed by atoms with Crippen molar-refractivity contribution in [3.63, 3.8) is 0 Å². The van der Waals surface area contributed by atoms with Gasteiger partial charge in [-0.25, -0.2) is 0 Å². The Morgan fingerprint density at radius 3 is 2.15 bits per heavy atom.